The normalized spacial score (nSPS) is 12.8. The molecule has 1 atom stereocenters. The number of carbonyl (C=O) groups is 2. The van der Waals surface area contributed by atoms with E-state index in [2.05, 4.69) is 15.6 Å². The third-order valence-corrected chi connectivity index (χ3v) is 3.78. The topological polar surface area (TPSA) is 84.7 Å². The second kappa shape index (κ2) is 8.21. The summed E-state index contributed by atoms with van der Waals surface area (Å²) in [5, 5.41) is 5.52. The molecule has 1 unspecified atom stereocenters. The van der Waals surface area contributed by atoms with Crippen LogP contribution in [0.3, 0.4) is 0 Å². The van der Waals surface area contributed by atoms with Gasteiger partial charge in [-0.15, -0.1) is 0 Å². The zero-order valence-electron chi connectivity index (χ0n) is 16.1. The molecule has 0 radical (unpaired) electrons. The monoisotopic (exact) mass is 360 g/mol. The van der Waals surface area contributed by atoms with Crippen molar-refractivity contribution in [2.24, 2.45) is 5.92 Å². The van der Waals surface area contributed by atoms with Gasteiger partial charge in [0.25, 0.3) is 0 Å². The van der Waals surface area contributed by atoms with Crippen LogP contribution in [-0.4, -0.2) is 39.6 Å². The Balaban J connectivity index is 1.90. The van der Waals surface area contributed by atoms with Gasteiger partial charge in [0, 0.05) is 19.2 Å². The summed E-state index contributed by atoms with van der Waals surface area (Å²) >= 11 is 0. The third kappa shape index (κ3) is 5.47. The van der Waals surface area contributed by atoms with Crippen LogP contribution in [0, 0.1) is 5.92 Å². The largest absolute Gasteiger partial charge is 0.444 e. The summed E-state index contributed by atoms with van der Waals surface area (Å²) in [5.41, 5.74) is 0.407. The molecule has 2 amide bonds. The number of ether oxygens (including phenoxy) is 1. The molecule has 142 valence electrons. The lowest BCUT2D eigenvalue weighted by Gasteiger charge is -2.25. The second-order valence-electron chi connectivity index (χ2n) is 7.58. The molecule has 0 aliphatic heterocycles. The maximum atomic E-state index is 12.5. The minimum atomic E-state index is -0.651. The summed E-state index contributed by atoms with van der Waals surface area (Å²) in [5.74, 6) is 0.587. The van der Waals surface area contributed by atoms with Crippen LogP contribution in [0.25, 0.3) is 5.52 Å². The first-order chi connectivity index (χ1) is 12.2. The molecule has 0 aliphatic carbocycles. The lowest BCUT2D eigenvalue weighted by molar-refractivity contribution is -0.124. The third-order valence-electron chi connectivity index (χ3n) is 3.78. The molecule has 2 rings (SSSR count). The van der Waals surface area contributed by atoms with Crippen molar-refractivity contribution in [1.82, 2.24) is 20.0 Å². The van der Waals surface area contributed by atoms with Crippen LogP contribution in [0.5, 0.6) is 0 Å². The number of fused-ring (bicyclic) bond motifs is 1. The molecule has 0 spiro atoms. The van der Waals surface area contributed by atoms with Gasteiger partial charge in [0.05, 0.1) is 11.7 Å². The number of hydrogen-bond donors (Lipinski definition) is 2. The van der Waals surface area contributed by atoms with Gasteiger partial charge < -0.3 is 19.8 Å². The number of amides is 2. The smallest absolute Gasteiger partial charge is 0.408 e. The summed E-state index contributed by atoms with van der Waals surface area (Å²) < 4.78 is 7.23. The molecule has 0 aromatic carbocycles. The minimum Gasteiger partial charge on any atom is -0.444 e. The molecule has 0 saturated carbocycles. The van der Waals surface area contributed by atoms with Crippen molar-refractivity contribution in [1.29, 1.82) is 0 Å². The van der Waals surface area contributed by atoms with E-state index >= 15 is 0 Å². The molecule has 0 bridgehead atoms. The van der Waals surface area contributed by atoms with Crippen LogP contribution in [-0.2, 0) is 16.0 Å². The molecule has 7 heteroatoms. The Kier molecular flexibility index (Phi) is 6.23. The maximum Gasteiger partial charge on any atom is 0.408 e. The number of hydrogen-bond acceptors (Lipinski definition) is 4. The fourth-order valence-electron chi connectivity index (χ4n) is 2.56. The van der Waals surface area contributed by atoms with E-state index in [-0.39, 0.29) is 11.8 Å². The lowest BCUT2D eigenvalue weighted by atomic mass is 10.0. The number of alkyl carbamates (subject to hydrolysis) is 1. The Morgan fingerprint density at radius 1 is 1.27 bits per heavy atom. The Labute approximate surface area is 154 Å². The Morgan fingerprint density at radius 3 is 2.65 bits per heavy atom. The van der Waals surface area contributed by atoms with Gasteiger partial charge in [-0.25, -0.2) is 9.78 Å². The van der Waals surface area contributed by atoms with Crippen LogP contribution < -0.4 is 10.6 Å². The summed E-state index contributed by atoms with van der Waals surface area (Å²) in [7, 11) is 0. The molecule has 0 fully saturated rings. The quantitative estimate of drug-likeness (QED) is 0.829. The van der Waals surface area contributed by atoms with Gasteiger partial charge in [-0.3, -0.25) is 4.79 Å². The molecule has 2 heterocycles. The van der Waals surface area contributed by atoms with E-state index in [0.717, 1.165) is 11.3 Å². The predicted octanol–water partition coefficient (Wildman–Crippen LogP) is 2.54. The van der Waals surface area contributed by atoms with Gasteiger partial charge >= 0.3 is 6.09 Å². The van der Waals surface area contributed by atoms with E-state index in [0.29, 0.717) is 13.0 Å². The SMILES string of the molecule is CC(C)C(NC(=O)OC(C)(C)C)C(=O)NCCc1ncc2ccccn12. The predicted molar refractivity (Wildman–Crippen MR) is 99.9 cm³/mol. The summed E-state index contributed by atoms with van der Waals surface area (Å²) in [6.45, 7) is 9.54. The molecule has 0 saturated heterocycles. The van der Waals surface area contributed by atoms with Crippen molar-refractivity contribution in [3.8, 4) is 0 Å². The molecule has 7 nitrogen and oxygen atoms in total. The van der Waals surface area contributed by atoms with Crippen LogP contribution in [0.4, 0.5) is 4.79 Å². The standard InChI is InChI=1S/C19H28N4O3/c1-13(2)16(22-18(25)26-19(3,4)5)17(24)20-10-9-15-21-12-14-8-6-7-11-23(14)15/h6-8,11-13,16H,9-10H2,1-5H3,(H,20,24)(H,22,25). The number of carbonyl (C=O) groups excluding carboxylic acids is 2. The van der Waals surface area contributed by atoms with Crippen molar-refractivity contribution in [2.75, 3.05) is 6.54 Å². The molecule has 26 heavy (non-hydrogen) atoms. The van der Waals surface area contributed by atoms with Gasteiger partial charge in [0.15, 0.2) is 0 Å². The van der Waals surface area contributed by atoms with E-state index in [1.807, 2.05) is 42.6 Å². The fourth-order valence-corrected chi connectivity index (χ4v) is 2.56. The summed E-state index contributed by atoms with van der Waals surface area (Å²) in [6.07, 6.45) is 3.75. The Bertz CT molecular complexity index is 761. The van der Waals surface area contributed by atoms with Crippen LogP contribution in [0.15, 0.2) is 30.6 Å². The van der Waals surface area contributed by atoms with E-state index in [1.54, 1.807) is 27.0 Å². The van der Waals surface area contributed by atoms with E-state index in [9.17, 15) is 9.59 Å². The number of nitrogens with zero attached hydrogens (tertiary/aromatic N) is 2. The van der Waals surface area contributed by atoms with Crippen LogP contribution >= 0.6 is 0 Å². The van der Waals surface area contributed by atoms with Crippen molar-refractivity contribution in [2.45, 2.75) is 52.7 Å². The summed E-state index contributed by atoms with van der Waals surface area (Å²) in [6, 6.07) is 5.23. The zero-order chi connectivity index (χ0) is 19.3. The fraction of sp³-hybridized carbons (Fsp3) is 0.526. The van der Waals surface area contributed by atoms with Crippen molar-refractivity contribution >= 4 is 17.5 Å². The van der Waals surface area contributed by atoms with Gasteiger partial charge in [-0.05, 0) is 38.8 Å². The first-order valence-corrected chi connectivity index (χ1v) is 8.85. The van der Waals surface area contributed by atoms with Crippen LogP contribution in [0.2, 0.25) is 0 Å². The number of nitrogens with one attached hydrogen (secondary N) is 2. The average Bonchev–Trinajstić information content (AvgIpc) is 2.94. The molecular formula is C19H28N4O3. The molecule has 2 aromatic heterocycles. The minimum absolute atomic E-state index is 0.0604. The highest BCUT2D eigenvalue weighted by Crippen LogP contribution is 2.09. The van der Waals surface area contributed by atoms with E-state index in [4.69, 9.17) is 4.74 Å². The Hall–Kier alpha value is -2.57. The first-order valence-electron chi connectivity index (χ1n) is 8.85. The lowest BCUT2D eigenvalue weighted by Crippen LogP contribution is -2.51. The summed E-state index contributed by atoms with van der Waals surface area (Å²) in [4.78, 5) is 28.8. The Morgan fingerprint density at radius 2 is 2.00 bits per heavy atom. The average molecular weight is 360 g/mol. The number of aromatic nitrogens is 2. The molecule has 0 aliphatic rings. The molecule has 2 aromatic rings. The van der Waals surface area contributed by atoms with Crippen molar-refractivity contribution in [3.63, 3.8) is 0 Å². The van der Waals surface area contributed by atoms with E-state index in [1.165, 1.54) is 0 Å². The first kappa shape index (κ1) is 19.8. The molecule has 2 N–H and O–H groups in total. The highest BCUT2D eigenvalue weighted by Gasteiger charge is 2.26. The zero-order valence-corrected chi connectivity index (χ0v) is 16.1. The van der Waals surface area contributed by atoms with Crippen LogP contribution in [0.1, 0.15) is 40.4 Å². The van der Waals surface area contributed by atoms with Gasteiger partial charge in [-0.2, -0.15) is 0 Å². The number of rotatable bonds is 6. The number of imidazole rings is 1. The van der Waals surface area contributed by atoms with Crippen molar-refractivity contribution < 1.29 is 14.3 Å². The second-order valence-corrected chi connectivity index (χ2v) is 7.58. The molecular weight excluding hydrogens is 332 g/mol. The highest BCUT2D eigenvalue weighted by molar-refractivity contribution is 5.85. The van der Waals surface area contributed by atoms with Gasteiger partial charge in [0.1, 0.15) is 17.5 Å². The highest BCUT2D eigenvalue weighted by atomic mass is 16.6. The van der Waals surface area contributed by atoms with Gasteiger partial charge in [-0.1, -0.05) is 19.9 Å². The maximum absolute atomic E-state index is 12.5. The van der Waals surface area contributed by atoms with Crippen molar-refractivity contribution in [3.05, 3.63) is 36.4 Å². The van der Waals surface area contributed by atoms with E-state index < -0.39 is 17.7 Å². The van der Waals surface area contributed by atoms with Gasteiger partial charge in [0.2, 0.25) is 5.91 Å². The number of pyridine rings is 1.